The first kappa shape index (κ1) is 23.2. The Bertz CT molecular complexity index is 1310. The van der Waals surface area contributed by atoms with Gasteiger partial charge in [-0.15, -0.1) is 0 Å². The first-order valence-electron chi connectivity index (χ1n) is 11.7. The second-order valence-electron chi connectivity index (χ2n) is 8.02. The number of ether oxygens (including phenoxy) is 1. The van der Waals surface area contributed by atoms with Gasteiger partial charge in [0.2, 0.25) is 0 Å². The third kappa shape index (κ3) is 5.01. The largest absolute Gasteiger partial charge is 0.494 e. The minimum atomic E-state index is -0.265. The van der Waals surface area contributed by atoms with Crippen molar-refractivity contribution in [3.05, 3.63) is 59.7 Å². The number of hydrogen-bond donors (Lipinski definition) is 2. The SMILES string of the molecule is CCCCCCNC(=O)c1c(N)n(N=Cc2ccc(OCC)cc2)c2nc3ccccc3nc12. The fourth-order valence-corrected chi connectivity index (χ4v) is 3.77. The molecular formula is C26H30N6O2. The van der Waals surface area contributed by atoms with Gasteiger partial charge in [0.05, 0.1) is 23.9 Å². The van der Waals surface area contributed by atoms with Crippen LogP contribution in [-0.4, -0.2) is 39.9 Å². The predicted molar refractivity (Wildman–Crippen MR) is 137 cm³/mol. The summed E-state index contributed by atoms with van der Waals surface area (Å²) < 4.78 is 6.98. The molecule has 2 aromatic carbocycles. The van der Waals surface area contributed by atoms with Crippen molar-refractivity contribution in [2.75, 3.05) is 18.9 Å². The molecule has 8 nitrogen and oxygen atoms in total. The highest BCUT2D eigenvalue weighted by molar-refractivity contribution is 6.10. The maximum Gasteiger partial charge on any atom is 0.257 e. The molecule has 2 aromatic heterocycles. The number of rotatable bonds is 10. The molecule has 0 radical (unpaired) electrons. The van der Waals surface area contributed by atoms with Crippen LogP contribution in [0.3, 0.4) is 0 Å². The summed E-state index contributed by atoms with van der Waals surface area (Å²) in [4.78, 5) is 22.5. The quantitative estimate of drug-likeness (QED) is 0.263. The van der Waals surface area contributed by atoms with Crippen molar-refractivity contribution in [3.8, 4) is 5.75 Å². The Morgan fingerprint density at radius 2 is 1.79 bits per heavy atom. The van der Waals surface area contributed by atoms with Gasteiger partial charge in [-0.25, -0.2) is 9.97 Å². The normalized spacial score (nSPS) is 11.5. The van der Waals surface area contributed by atoms with Crippen LogP contribution in [0, 0.1) is 0 Å². The highest BCUT2D eigenvalue weighted by Gasteiger charge is 2.23. The molecule has 0 saturated heterocycles. The van der Waals surface area contributed by atoms with Gasteiger partial charge in [0.15, 0.2) is 5.65 Å². The number of hydrogen-bond acceptors (Lipinski definition) is 6. The number of para-hydroxylation sites is 2. The second kappa shape index (κ2) is 10.8. The number of anilines is 1. The Morgan fingerprint density at radius 3 is 2.50 bits per heavy atom. The van der Waals surface area contributed by atoms with Crippen molar-refractivity contribution in [3.63, 3.8) is 0 Å². The molecule has 0 aliphatic rings. The van der Waals surface area contributed by atoms with Crippen LogP contribution in [-0.2, 0) is 0 Å². The van der Waals surface area contributed by atoms with Crippen LogP contribution in [0.25, 0.3) is 22.2 Å². The standard InChI is InChI=1S/C26H30N6O2/c1-3-5-6-9-16-28-26(33)22-23-25(31-21-11-8-7-10-20(21)30-23)32(24(22)27)29-17-18-12-14-19(15-13-18)34-4-2/h7-8,10-15,17H,3-6,9,16,27H2,1-2H3,(H,28,33). The van der Waals surface area contributed by atoms with Crippen LogP contribution < -0.4 is 15.8 Å². The van der Waals surface area contributed by atoms with Gasteiger partial charge in [-0.3, -0.25) is 4.79 Å². The molecule has 34 heavy (non-hydrogen) atoms. The molecule has 0 atom stereocenters. The molecule has 0 saturated carbocycles. The summed E-state index contributed by atoms with van der Waals surface area (Å²) >= 11 is 0. The van der Waals surface area contributed by atoms with Crippen LogP contribution in [0.1, 0.15) is 55.5 Å². The number of unbranched alkanes of at least 4 members (excludes halogenated alkanes) is 3. The number of amides is 1. The van der Waals surface area contributed by atoms with Crippen LogP contribution in [0.4, 0.5) is 5.82 Å². The maximum atomic E-state index is 13.1. The van der Waals surface area contributed by atoms with Crippen molar-refractivity contribution >= 4 is 40.1 Å². The molecular weight excluding hydrogens is 428 g/mol. The summed E-state index contributed by atoms with van der Waals surface area (Å²) in [7, 11) is 0. The van der Waals surface area contributed by atoms with E-state index in [1.807, 2.05) is 55.5 Å². The van der Waals surface area contributed by atoms with E-state index >= 15 is 0 Å². The van der Waals surface area contributed by atoms with Crippen molar-refractivity contribution < 1.29 is 9.53 Å². The lowest BCUT2D eigenvalue weighted by molar-refractivity contribution is 0.0955. The van der Waals surface area contributed by atoms with Crippen LogP contribution in [0.5, 0.6) is 5.75 Å². The maximum absolute atomic E-state index is 13.1. The van der Waals surface area contributed by atoms with E-state index in [0.717, 1.165) is 37.0 Å². The van der Waals surface area contributed by atoms with Gasteiger partial charge in [-0.2, -0.15) is 9.78 Å². The van der Waals surface area contributed by atoms with Crippen molar-refractivity contribution in [1.82, 2.24) is 20.0 Å². The van der Waals surface area contributed by atoms with E-state index in [1.165, 1.54) is 4.68 Å². The van der Waals surface area contributed by atoms with E-state index < -0.39 is 0 Å². The third-order valence-electron chi connectivity index (χ3n) is 5.53. The van der Waals surface area contributed by atoms with Crippen molar-refractivity contribution in [1.29, 1.82) is 0 Å². The monoisotopic (exact) mass is 458 g/mol. The van der Waals surface area contributed by atoms with Gasteiger partial charge in [0.1, 0.15) is 22.6 Å². The van der Waals surface area contributed by atoms with Gasteiger partial charge in [-0.1, -0.05) is 38.3 Å². The van der Waals surface area contributed by atoms with E-state index in [2.05, 4.69) is 17.3 Å². The average Bonchev–Trinajstić information content (AvgIpc) is 3.12. The zero-order valence-electron chi connectivity index (χ0n) is 19.6. The average molecular weight is 459 g/mol. The highest BCUT2D eigenvalue weighted by atomic mass is 16.5. The molecule has 4 aromatic rings. The fourth-order valence-electron chi connectivity index (χ4n) is 3.77. The van der Waals surface area contributed by atoms with E-state index in [0.29, 0.717) is 40.9 Å². The van der Waals surface area contributed by atoms with Crippen molar-refractivity contribution in [2.45, 2.75) is 39.5 Å². The third-order valence-corrected chi connectivity index (χ3v) is 5.53. The van der Waals surface area contributed by atoms with Gasteiger partial charge in [0.25, 0.3) is 5.91 Å². The number of aromatic nitrogens is 3. The fraction of sp³-hybridized carbons (Fsp3) is 0.308. The molecule has 4 rings (SSSR count). The molecule has 0 aliphatic carbocycles. The lowest BCUT2D eigenvalue weighted by Gasteiger charge is -2.05. The molecule has 0 fully saturated rings. The number of nitrogens with one attached hydrogen (secondary N) is 1. The molecule has 1 amide bonds. The molecule has 8 heteroatoms. The summed E-state index contributed by atoms with van der Waals surface area (Å²) in [5.41, 5.74) is 9.88. The molecule has 176 valence electrons. The van der Waals surface area contributed by atoms with E-state index in [-0.39, 0.29) is 11.7 Å². The summed E-state index contributed by atoms with van der Waals surface area (Å²) in [6, 6.07) is 15.1. The van der Waals surface area contributed by atoms with Gasteiger partial charge >= 0.3 is 0 Å². The predicted octanol–water partition coefficient (Wildman–Crippen LogP) is 4.76. The highest BCUT2D eigenvalue weighted by Crippen LogP contribution is 2.28. The number of nitrogens with two attached hydrogens (primary N) is 1. The first-order chi connectivity index (χ1) is 16.6. The summed E-state index contributed by atoms with van der Waals surface area (Å²) in [6.07, 6.45) is 5.96. The number of fused-ring (bicyclic) bond motifs is 2. The molecule has 0 bridgehead atoms. The molecule has 2 heterocycles. The Hall–Kier alpha value is -3.94. The van der Waals surface area contributed by atoms with Crippen LogP contribution >= 0.6 is 0 Å². The number of nitrogens with zero attached hydrogens (tertiary/aromatic N) is 4. The Balaban J connectivity index is 1.71. The Morgan fingerprint density at radius 1 is 1.06 bits per heavy atom. The Kier molecular flexibility index (Phi) is 7.37. The number of benzene rings is 2. The van der Waals surface area contributed by atoms with Crippen LogP contribution in [0.15, 0.2) is 53.6 Å². The first-order valence-corrected chi connectivity index (χ1v) is 11.7. The molecule has 0 spiro atoms. The van der Waals surface area contributed by atoms with Crippen LogP contribution in [0.2, 0.25) is 0 Å². The van der Waals surface area contributed by atoms with Gasteiger partial charge in [-0.05, 0) is 55.3 Å². The molecule has 3 N–H and O–H groups in total. The minimum absolute atomic E-state index is 0.207. The van der Waals surface area contributed by atoms with E-state index in [9.17, 15) is 4.79 Å². The lowest BCUT2D eigenvalue weighted by atomic mass is 10.2. The van der Waals surface area contributed by atoms with E-state index in [1.54, 1.807) is 6.21 Å². The minimum Gasteiger partial charge on any atom is -0.494 e. The molecule has 0 aliphatic heterocycles. The van der Waals surface area contributed by atoms with Gasteiger partial charge in [0, 0.05) is 6.54 Å². The second-order valence-corrected chi connectivity index (χ2v) is 8.02. The Labute approximate surface area is 198 Å². The topological polar surface area (TPSA) is 107 Å². The zero-order valence-corrected chi connectivity index (χ0v) is 19.6. The lowest BCUT2D eigenvalue weighted by Crippen LogP contribution is -2.25. The summed E-state index contributed by atoms with van der Waals surface area (Å²) in [6.45, 7) is 5.29. The molecule has 0 unspecified atom stereocenters. The number of carbonyl (C=O) groups excluding carboxylic acids is 1. The van der Waals surface area contributed by atoms with Crippen molar-refractivity contribution in [2.24, 2.45) is 5.10 Å². The smallest absolute Gasteiger partial charge is 0.257 e. The zero-order chi connectivity index (χ0) is 23.9. The number of carbonyl (C=O) groups is 1. The van der Waals surface area contributed by atoms with E-state index in [4.69, 9.17) is 20.4 Å². The summed E-state index contributed by atoms with van der Waals surface area (Å²) in [5, 5.41) is 7.53. The summed E-state index contributed by atoms with van der Waals surface area (Å²) in [5.74, 6) is 0.734. The van der Waals surface area contributed by atoms with Gasteiger partial charge < -0.3 is 15.8 Å². The number of nitrogen functional groups attached to an aromatic ring is 1.